The zero-order chi connectivity index (χ0) is 41.7. The van der Waals surface area contributed by atoms with E-state index >= 15 is 0 Å². The number of ether oxygens (including phenoxy) is 2. The lowest BCUT2D eigenvalue weighted by Crippen LogP contribution is -2.54. The van der Waals surface area contributed by atoms with Crippen LogP contribution in [0.15, 0.2) is 97.3 Å². The van der Waals surface area contributed by atoms with Crippen LogP contribution in [0.2, 0.25) is 36.3 Å². The third-order valence-corrected chi connectivity index (χ3v) is 21.4. The van der Waals surface area contributed by atoms with Gasteiger partial charge in [0.25, 0.3) is 0 Å². The Morgan fingerprint density at radius 3 is 1.86 bits per heavy atom. The molecule has 0 aliphatic carbocycles. The smallest absolute Gasteiger partial charge is 0.192 e. The van der Waals surface area contributed by atoms with Gasteiger partial charge >= 0.3 is 0 Å². The summed E-state index contributed by atoms with van der Waals surface area (Å²) >= 11 is 0. The van der Waals surface area contributed by atoms with Crippen molar-refractivity contribution in [3.05, 3.63) is 120 Å². The highest BCUT2D eigenvalue weighted by molar-refractivity contribution is 6.74. The number of rotatable bonds is 17. The molecule has 3 heterocycles. The first kappa shape index (κ1) is 43.8. The molecule has 1 aliphatic rings. The van der Waals surface area contributed by atoms with Gasteiger partial charge in [-0.15, -0.1) is 0 Å². The summed E-state index contributed by atoms with van der Waals surface area (Å²) < 4.78 is 29.6. The van der Waals surface area contributed by atoms with Gasteiger partial charge in [0.05, 0.1) is 12.9 Å². The summed E-state index contributed by atoms with van der Waals surface area (Å²) in [6.07, 6.45) is 0.796. The Balaban J connectivity index is 1.41. The number of fused-ring (bicyclic) bond motifs is 1. The lowest BCUT2D eigenvalue weighted by molar-refractivity contribution is -0.0562. The Morgan fingerprint density at radius 2 is 1.31 bits per heavy atom. The molecule has 1 fully saturated rings. The lowest BCUT2D eigenvalue weighted by Gasteiger charge is -2.44. The van der Waals surface area contributed by atoms with Crippen LogP contribution in [0.3, 0.4) is 0 Å². The van der Waals surface area contributed by atoms with Gasteiger partial charge in [-0.3, -0.25) is 4.57 Å². The summed E-state index contributed by atoms with van der Waals surface area (Å²) in [6, 6.07) is 31.7. The van der Waals surface area contributed by atoms with Crippen LogP contribution in [-0.4, -0.2) is 81.3 Å². The van der Waals surface area contributed by atoms with Crippen molar-refractivity contribution >= 4 is 33.6 Å². The zero-order valence-electron chi connectivity index (χ0n) is 36.6. The maximum absolute atomic E-state index is 7.39. The average molecular weight is 823 g/mol. The highest BCUT2D eigenvalue weighted by Gasteiger charge is 2.54. The van der Waals surface area contributed by atoms with Crippen LogP contribution in [0.25, 0.3) is 11.2 Å². The first-order valence-corrected chi connectivity index (χ1v) is 26.6. The molecule has 4 atom stereocenters. The number of anilines is 1. The van der Waals surface area contributed by atoms with Gasteiger partial charge in [0.2, 0.25) is 0 Å². The topological polar surface area (TPSA) is 105 Å². The van der Waals surface area contributed by atoms with E-state index in [1.165, 1.54) is 16.7 Å². The number of nitrogens with zero attached hydrogens (tertiary/aromatic N) is 4. The van der Waals surface area contributed by atoms with Crippen molar-refractivity contribution in [3.8, 4) is 0 Å². The summed E-state index contributed by atoms with van der Waals surface area (Å²) in [4.78, 5) is 15.4. The average Bonchev–Trinajstić information content (AvgIpc) is 3.74. The maximum Gasteiger partial charge on any atom is 0.192 e. The summed E-state index contributed by atoms with van der Waals surface area (Å²) in [5.74, 6) is 1.51. The van der Waals surface area contributed by atoms with Crippen LogP contribution in [0.5, 0.6) is 0 Å². The fraction of sp³-hybridized carbons (Fsp3) is 0.500. The van der Waals surface area contributed by atoms with E-state index in [0.29, 0.717) is 43.1 Å². The summed E-state index contributed by atoms with van der Waals surface area (Å²) in [7, 11) is -2.90. The minimum absolute atomic E-state index is 0.0134. The molecule has 5 aromatic rings. The zero-order valence-corrected chi connectivity index (χ0v) is 38.6. The summed E-state index contributed by atoms with van der Waals surface area (Å²) in [5, 5.41) is 7.29. The number of hydrogen-bond donors (Lipinski definition) is 2. The molecule has 1 saturated heterocycles. The Bertz CT molecular complexity index is 2010. The standard InChI is InChI=1S/C46H66N6O4Si2/c1-45(2,3)57(8,9)55-40-37(31-53-7)54-44(41(40)56-58(10,11)46(4,5)6)52-32-49-39-42(48-30-36(34-23-17-13-18-24-34)35-25-19-14-20-26-35)50-38(51-43(39)52)27-28-47-29-33-21-15-12-16-22-33/h12-26,32,36-37,40-41,44,47H,27-31H2,1-11H3,(H,48,50,51)/t37-,40-,41-,44-/m1/s1. The minimum atomic E-state index is -2.34. The Kier molecular flexibility index (Phi) is 13.8. The van der Waals surface area contributed by atoms with Crippen LogP contribution < -0.4 is 10.6 Å². The van der Waals surface area contributed by atoms with E-state index in [9.17, 15) is 0 Å². The number of nitrogens with one attached hydrogen (secondary N) is 2. The van der Waals surface area contributed by atoms with E-state index in [0.717, 1.165) is 12.4 Å². The van der Waals surface area contributed by atoms with Crippen molar-refractivity contribution < 1.29 is 18.3 Å². The van der Waals surface area contributed by atoms with Gasteiger partial charge in [0.15, 0.2) is 39.8 Å². The summed E-state index contributed by atoms with van der Waals surface area (Å²) in [6.45, 7) is 25.3. The SMILES string of the molecule is COC[C@H]1O[C@@H](n2cnc3c(NCC(c4ccccc4)c4ccccc4)nc(CCNCc4ccccc4)nc32)[C@H](O[Si](C)(C)C(C)(C)C)[C@@H]1O[Si](C)(C)C(C)(C)C. The van der Waals surface area contributed by atoms with E-state index in [-0.39, 0.29) is 28.2 Å². The summed E-state index contributed by atoms with van der Waals surface area (Å²) in [5.41, 5.74) is 5.07. The molecular weight excluding hydrogens is 757 g/mol. The lowest BCUT2D eigenvalue weighted by atomic mass is 9.91. The van der Waals surface area contributed by atoms with Gasteiger partial charge in [-0.25, -0.2) is 15.0 Å². The molecule has 2 N–H and O–H groups in total. The highest BCUT2D eigenvalue weighted by Crippen LogP contribution is 2.46. The highest BCUT2D eigenvalue weighted by atomic mass is 28.4. The van der Waals surface area contributed by atoms with Crippen molar-refractivity contribution in [1.29, 1.82) is 0 Å². The molecule has 3 aromatic carbocycles. The second-order valence-electron chi connectivity index (χ2n) is 18.7. The van der Waals surface area contributed by atoms with Gasteiger partial charge in [0.1, 0.15) is 24.1 Å². The molecule has 6 rings (SSSR count). The Hall–Kier alpha value is -3.76. The Labute approximate surface area is 348 Å². The van der Waals surface area contributed by atoms with Crippen molar-refractivity contribution in [3.63, 3.8) is 0 Å². The molecule has 10 nitrogen and oxygen atoms in total. The van der Waals surface area contributed by atoms with E-state index in [4.69, 9.17) is 33.3 Å². The molecule has 0 radical (unpaired) electrons. The molecule has 0 unspecified atom stereocenters. The van der Waals surface area contributed by atoms with Crippen LogP contribution in [0.4, 0.5) is 5.82 Å². The number of benzene rings is 3. The van der Waals surface area contributed by atoms with Crippen molar-refractivity contribution in [2.45, 2.75) is 121 Å². The molecular formula is C46H66N6O4Si2. The molecule has 0 amide bonds. The number of methoxy groups -OCH3 is 1. The fourth-order valence-corrected chi connectivity index (χ4v) is 9.55. The largest absolute Gasteiger partial charge is 0.408 e. The second-order valence-corrected chi connectivity index (χ2v) is 28.2. The van der Waals surface area contributed by atoms with Gasteiger partial charge < -0.3 is 29.0 Å². The Morgan fingerprint density at radius 1 is 0.759 bits per heavy atom. The van der Waals surface area contributed by atoms with Crippen LogP contribution in [-0.2, 0) is 31.3 Å². The third-order valence-electron chi connectivity index (χ3n) is 12.4. The third kappa shape index (κ3) is 10.2. The van der Waals surface area contributed by atoms with E-state index in [1.807, 2.05) is 12.4 Å². The number of aromatic nitrogens is 4. The fourth-order valence-electron chi connectivity index (χ4n) is 6.94. The normalized spacial score (nSPS) is 19.3. The molecule has 12 heteroatoms. The van der Waals surface area contributed by atoms with Gasteiger partial charge in [-0.2, -0.15) is 0 Å². The molecule has 0 bridgehead atoms. The van der Waals surface area contributed by atoms with Crippen molar-refractivity contribution in [2.24, 2.45) is 0 Å². The van der Waals surface area contributed by atoms with Crippen LogP contribution >= 0.6 is 0 Å². The predicted octanol–water partition coefficient (Wildman–Crippen LogP) is 9.73. The number of hydrogen-bond acceptors (Lipinski definition) is 9. The van der Waals surface area contributed by atoms with Gasteiger partial charge in [-0.1, -0.05) is 133 Å². The van der Waals surface area contributed by atoms with Crippen molar-refractivity contribution in [1.82, 2.24) is 24.8 Å². The van der Waals surface area contributed by atoms with Gasteiger partial charge in [0, 0.05) is 39.1 Å². The van der Waals surface area contributed by atoms with E-state index < -0.39 is 29.0 Å². The molecule has 0 saturated carbocycles. The maximum atomic E-state index is 7.39. The van der Waals surface area contributed by atoms with E-state index in [2.05, 4.69) is 168 Å². The second kappa shape index (κ2) is 18.2. The molecule has 2 aromatic heterocycles. The number of imidazole rings is 1. The van der Waals surface area contributed by atoms with Crippen molar-refractivity contribution in [2.75, 3.05) is 32.1 Å². The van der Waals surface area contributed by atoms with Crippen LogP contribution in [0, 0.1) is 0 Å². The molecule has 312 valence electrons. The first-order chi connectivity index (χ1) is 27.5. The van der Waals surface area contributed by atoms with E-state index in [1.54, 1.807) is 7.11 Å². The quantitative estimate of drug-likeness (QED) is 0.0701. The molecule has 1 aliphatic heterocycles. The molecule has 58 heavy (non-hydrogen) atoms. The predicted molar refractivity (Wildman–Crippen MR) is 240 cm³/mol. The first-order valence-electron chi connectivity index (χ1n) is 20.8. The van der Waals surface area contributed by atoms with Gasteiger partial charge in [-0.05, 0) is 53.0 Å². The minimum Gasteiger partial charge on any atom is -0.408 e. The molecule has 0 spiro atoms. The van der Waals surface area contributed by atoms with Crippen LogP contribution in [0.1, 0.15) is 76.2 Å². The monoisotopic (exact) mass is 822 g/mol.